The number of piperidine rings is 1. The molecule has 2 aliphatic heterocycles. The molecule has 2 saturated heterocycles. The van der Waals surface area contributed by atoms with Gasteiger partial charge in [-0.05, 0) is 38.3 Å². The van der Waals surface area contributed by atoms with Gasteiger partial charge < -0.3 is 19.1 Å². The van der Waals surface area contributed by atoms with Crippen molar-refractivity contribution in [1.29, 1.82) is 0 Å². The first kappa shape index (κ1) is 18.2. The van der Waals surface area contributed by atoms with Gasteiger partial charge in [-0.25, -0.2) is 0 Å². The van der Waals surface area contributed by atoms with Crippen LogP contribution in [0.2, 0.25) is 0 Å². The Morgan fingerprint density at radius 1 is 1.36 bits per heavy atom. The summed E-state index contributed by atoms with van der Waals surface area (Å²) in [6.07, 6.45) is 3.64. The summed E-state index contributed by atoms with van der Waals surface area (Å²) in [5.41, 5.74) is -0.0392. The Morgan fingerprint density at radius 2 is 2.20 bits per heavy atom. The van der Waals surface area contributed by atoms with Crippen LogP contribution >= 0.6 is 0 Å². The van der Waals surface area contributed by atoms with Crippen LogP contribution in [0.5, 0.6) is 5.75 Å². The van der Waals surface area contributed by atoms with Crippen molar-refractivity contribution in [2.24, 2.45) is 5.41 Å². The van der Waals surface area contributed by atoms with Gasteiger partial charge >= 0.3 is 0 Å². The third kappa shape index (κ3) is 4.53. The van der Waals surface area contributed by atoms with E-state index in [1.165, 1.54) is 0 Å². The summed E-state index contributed by atoms with van der Waals surface area (Å²) in [5, 5.41) is 0. The SMILES string of the molecule is CCOC[C@]12CCCO[C@H]1CCN(C(=O)CCOc1ccccc1)C2. The highest BCUT2D eigenvalue weighted by Crippen LogP contribution is 2.40. The van der Waals surface area contributed by atoms with E-state index in [9.17, 15) is 4.79 Å². The van der Waals surface area contributed by atoms with Crippen molar-refractivity contribution in [2.75, 3.05) is 39.5 Å². The Hall–Kier alpha value is -1.59. The smallest absolute Gasteiger partial charge is 0.226 e. The second-order valence-electron chi connectivity index (χ2n) is 6.98. The Balaban J connectivity index is 1.54. The van der Waals surface area contributed by atoms with Gasteiger partial charge in [0.2, 0.25) is 5.91 Å². The van der Waals surface area contributed by atoms with Crippen LogP contribution in [0, 0.1) is 5.41 Å². The second-order valence-corrected chi connectivity index (χ2v) is 6.98. The number of nitrogens with zero attached hydrogens (tertiary/aromatic N) is 1. The molecular weight excluding hydrogens is 318 g/mol. The number of likely N-dealkylation sites (tertiary alicyclic amines) is 1. The first-order chi connectivity index (χ1) is 12.2. The molecule has 0 unspecified atom stereocenters. The average Bonchev–Trinajstić information content (AvgIpc) is 2.66. The maximum atomic E-state index is 12.6. The van der Waals surface area contributed by atoms with Gasteiger partial charge in [-0.1, -0.05) is 18.2 Å². The highest BCUT2D eigenvalue weighted by Gasteiger charge is 2.47. The number of hydrogen-bond donors (Lipinski definition) is 0. The third-order valence-corrected chi connectivity index (χ3v) is 5.26. The minimum Gasteiger partial charge on any atom is -0.493 e. The van der Waals surface area contributed by atoms with Crippen LogP contribution in [0.25, 0.3) is 0 Å². The first-order valence-corrected chi connectivity index (χ1v) is 9.38. The van der Waals surface area contributed by atoms with E-state index in [4.69, 9.17) is 14.2 Å². The molecule has 0 aliphatic carbocycles. The molecule has 0 bridgehead atoms. The quantitative estimate of drug-likeness (QED) is 0.761. The fourth-order valence-electron chi connectivity index (χ4n) is 3.95. The lowest BCUT2D eigenvalue weighted by Gasteiger charge is -2.50. The van der Waals surface area contributed by atoms with Crippen LogP contribution in [0.15, 0.2) is 30.3 Å². The third-order valence-electron chi connectivity index (χ3n) is 5.26. The van der Waals surface area contributed by atoms with Crippen molar-refractivity contribution < 1.29 is 19.0 Å². The van der Waals surface area contributed by atoms with Gasteiger partial charge in [0.25, 0.3) is 0 Å². The molecule has 1 amide bonds. The fourth-order valence-corrected chi connectivity index (χ4v) is 3.95. The summed E-state index contributed by atoms with van der Waals surface area (Å²) in [4.78, 5) is 14.6. The lowest BCUT2D eigenvalue weighted by atomic mass is 9.73. The van der Waals surface area contributed by atoms with Crippen LogP contribution in [0.3, 0.4) is 0 Å². The number of fused-ring (bicyclic) bond motifs is 1. The molecule has 0 N–H and O–H groups in total. The number of para-hydroxylation sites is 1. The average molecular weight is 347 g/mol. The van der Waals surface area contributed by atoms with Crippen molar-refractivity contribution in [3.05, 3.63) is 30.3 Å². The Labute approximate surface area is 150 Å². The zero-order chi connectivity index (χ0) is 17.5. The zero-order valence-electron chi connectivity index (χ0n) is 15.1. The zero-order valence-corrected chi connectivity index (χ0v) is 15.1. The molecule has 5 nitrogen and oxygen atoms in total. The minimum absolute atomic E-state index is 0.0392. The molecule has 138 valence electrons. The maximum absolute atomic E-state index is 12.6. The van der Waals surface area contributed by atoms with E-state index >= 15 is 0 Å². The number of benzene rings is 1. The Kier molecular flexibility index (Phi) is 6.32. The number of ether oxygens (including phenoxy) is 3. The molecule has 2 fully saturated rings. The van der Waals surface area contributed by atoms with Gasteiger partial charge in [0.05, 0.1) is 25.7 Å². The van der Waals surface area contributed by atoms with Gasteiger partial charge in [0.15, 0.2) is 0 Å². The van der Waals surface area contributed by atoms with E-state index in [0.29, 0.717) is 26.2 Å². The summed E-state index contributed by atoms with van der Waals surface area (Å²) in [5.74, 6) is 0.971. The second kappa shape index (κ2) is 8.68. The number of carbonyl (C=O) groups excluding carboxylic acids is 1. The molecule has 2 atom stereocenters. The molecule has 0 spiro atoms. The van der Waals surface area contributed by atoms with Gasteiger partial charge in [-0.2, -0.15) is 0 Å². The minimum atomic E-state index is -0.0392. The van der Waals surface area contributed by atoms with Gasteiger partial charge in [-0.15, -0.1) is 0 Å². The highest BCUT2D eigenvalue weighted by atomic mass is 16.5. The molecule has 0 saturated carbocycles. The molecule has 3 rings (SSSR count). The van der Waals surface area contributed by atoms with E-state index in [-0.39, 0.29) is 17.4 Å². The Morgan fingerprint density at radius 3 is 3.00 bits per heavy atom. The van der Waals surface area contributed by atoms with Gasteiger partial charge in [0.1, 0.15) is 5.75 Å². The summed E-state index contributed by atoms with van der Waals surface area (Å²) in [6, 6.07) is 9.63. The van der Waals surface area contributed by atoms with E-state index < -0.39 is 0 Å². The number of carbonyl (C=O) groups is 1. The van der Waals surface area contributed by atoms with E-state index in [0.717, 1.165) is 44.7 Å². The molecule has 0 aromatic heterocycles. The Bertz CT molecular complexity index is 550. The molecule has 2 aliphatic rings. The number of rotatable bonds is 7. The van der Waals surface area contributed by atoms with E-state index in [1.54, 1.807) is 0 Å². The molecule has 1 aromatic carbocycles. The van der Waals surface area contributed by atoms with Crippen LogP contribution in [-0.2, 0) is 14.3 Å². The summed E-state index contributed by atoms with van der Waals surface area (Å²) >= 11 is 0. The topological polar surface area (TPSA) is 48.0 Å². The number of amides is 1. The van der Waals surface area contributed by atoms with Crippen molar-refractivity contribution in [3.63, 3.8) is 0 Å². The standard InChI is InChI=1S/C20H29NO4/c1-2-23-16-20-11-6-13-25-18(20)9-12-21(15-20)19(22)10-14-24-17-7-4-3-5-8-17/h3-5,7-8,18H,2,6,9-16H2,1H3/t18-,20+/m0/s1. The summed E-state index contributed by atoms with van der Waals surface area (Å²) in [7, 11) is 0. The summed E-state index contributed by atoms with van der Waals surface area (Å²) in [6.45, 7) is 6.15. The van der Waals surface area contributed by atoms with Crippen LogP contribution in [0.1, 0.15) is 32.6 Å². The van der Waals surface area contributed by atoms with Crippen LogP contribution in [-0.4, -0.2) is 56.4 Å². The normalized spacial score (nSPS) is 26.1. The fraction of sp³-hybridized carbons (Fsp3) is 0.650. The van der Waals surface area contributed by atoms with E-state index in [1.807, 2.05) is 42.2 Å². The monoisotopic (exact) mass is 347 g/mol. The maximum Gasteiger partial charge on any atom is 0.226 e. The van der Waals surface area contributed by atoms with Crippen molar-refractivity contribution in [2.45, 2.75) is 38.7 Å². The van der Waals surface area contributed by atoms with Crippen molar-refractivity contribution in [1.82, 2.24) is 4.90 Å². The molecule has 0 radical (unpaired) electrons. The summed E-state index contributed by atoms with van der Waals surface area (Å²) < 4.78 is 17.4. The largest absolute Gasteiger partial charge is 0.493 e. The lowest BCUT2D eigenvalue weighted by molar-refractivity contribution is -0.164. The molecular formula is C20H29NO4. The van der Waals surface area contributed by atoms with Crippen LogP contribution < -0.4 is 4.74 Å². The van der Waals surface area contributed by atoms with Gasteiger partial charge in [0, 0.05) is 31.7 Å². The first-order valence-electron chi connectivity index (χ1n) is 9.38. The highest BCUT2D eigenvalue weighted by molar-refractivity contribution is 5.76. The van der Waals surface area contributed by atoms with Crippen molar-refractivity contribution in [3.8, 4) is 5.75 Å². The predicted octanol–water partition coefficient (Wildman–Crippen LogP) is 2.89. The van der Waals surface area contributed by atoms with Crippen molar-refractivity contribution >= 4 is 5.91 Å². The van der Waals surface area contributed by atoms with Crippen LogP contribution in [0.4, 0.5) is 0 Å². The number of hydrogen-bond acceptors (Lipinski definition) is 4. The van der Waals surface area contributed by atoms with Gasteiger partial charge in [-0.3, -0.25) is 4.79 Å². The predicted molar refractivity (Wildman–Crippen MR) is 95.7 cm³/mol. The molecule has 1 aromatic rings. The molecule has 25 heavy (non-hydrogen) atoms. The molecule has 5 heteroatoms. The molecule has 2 heterocycles. The lowest BCUT2D eigenvalue weighted by Crippen LogP contribution is -2.58. The van der Waals surface area contributed by atoms with E-state index in [2.05, 4.69) is 0 Å².